The summed E-state index contributed by atoms with van der Waals surface area (Å²) in [5.74, 6) is 0.0432. The molecule has 6 heteroatoms. The summed E-state index contributed by atoms with van der Waals surface area (Å²) in [6, 6.07) is 11.9. The number of hydrogen-bond donors (Lipinski definition) is 1. The van der Waals surface area contributed by atoms with E-state index in [0.29, 0.717) is 16.6 Å². The van der Waals surface area contributed by atoms with Gasteiger partial charge < -0.3 is 5.32 Å². The first kappa shape index (κ1) is 20.2. The Morgan fingerprint density at radius 3 is 2.37 bits per heavy atom. The molecule has 0 unspecified atom stereocenters. The summed E-state index contributed by atoms with van der Waals surface area (Å²) in [6.07, 6.45) is 0. The summed E-state index contributed by atoms with van der Waals surface area (Å²) in [4.78, 5) is 17.0. The lowest BCUT2D eigenvalue weighted by Gasteiger charge is -2.34. The van der Waals surface area contributed by atoms with Gasteiger partial charge in [0.05, 0.1) is 16.6 Å². The van der Waals surface area contributed by atoms with Crippen LogP contribution in [-0.4, -0.2) is 48.4 Å². The van der Waals surface area contributed by atoms with Gasteiger partial charge in [-0.3, -0.25) is 14.6 Å². The topological polar surface area (TPSA) is 35.6 Å². The number of benzene rings is 2. The van der Waals surface area contributed by atoms with Crippen LogP contribution in [0, 0.1) is 13.8 Å². The van der Waals surface area contributed by atoms with E-state index in [-0.39, 0.29) is 5.91 Å². The van der Waals surface area contributed by atoms with Gasteiger partial charge in [0.15, 0.2) is 0 Å². The molecular weight excluding hydrogens is 381 g/mol. The summed E-state index contributed by atoms with van der Waals surface area (Å²) in [5.41, 5.74) is 4.29. The third kappa shape index (κ3) is 5.69. The Labute approximate surface area is 171 Å². The van der Waals surface area contributed by atoms with Crippen LogP contribution >= 0.6 is 23.2 Å². The van der Waals surface area contributed by atoms with Crippen LogP contribution in [-0.2, 0) is 11.3 Å². The fourth-order valence-corrected chi connectivity index (χ4v) is 3.59. The molecule has 1 saturated heterocycles. The van der Waals surface area contributed by atoms with Gasteiger partial charge >= 0.3 is 0 Å². The molecule has 0 radical (unpaired) electrons. The minimum absolute atomic E-state index is 0.0432. The molecule has 27 heavy (non-hydrogen) atoms. The number of amides is 1. The Bertz CT molecular complexity index is 817. The maximum absolute atomic E-state index is 12.4. The average molecular weight is 406 g/mol. The number of nitrogens with zero attached hydrogens (tertiary/aromatic N) is 2. The number of carbonyl (C=O) groups is 1. The predicted molar refractivity (Wildman–Crippen MR) is 113 cm³/mol. The number of aryl methyl sites for hydroxylation is 2. The maximum atomic E-state index is 12.4. The number of hydrogen-bond acceptors (Lipinski definition) is 3. The molecule has 0 aromatic heterocycles. The molecule has 1 amide bonds. The maximum Gasteiger partial charge on any atom is 0.238 e. The number of anilines is 1. The van der Waals surface area contributed by atoms with Crippen LogP contribution in [0.2, 0.25) is 10.0 Å². The van der Waals surface area contributed by atoms with Crippen molar-refractivity contribution in [2.24, 2.45) is 0 Å². The minimum atomic E-state index is 0.0432. The van der Waals surface area contributed by atoms with E-state index < -0.39 is 0 Å². The van der Waals surface area contributed by atoms with Crippen molar-refractivity contribution in [1.82, 2.24) is 9.80 Å². The standard InChI is InChI=1S/C21H25Cl2N3O/c1-15-3-4-16(2)20(11-15)24-21(27)14-26-9-7-25(8-10-26)13-17-5-6-18(22)19(23)12-17/h3-6,11-12H,7-10,13-14H2,1-2H3,(H,24,27). The van der Waals surface area contributed by atoms with Gasteiger partial charge in [-0.25, -0.2) is 0 Å². The van der Waals surface area contributed by atoms with Crippen molar-refractivity contribution in [3.8, 4) is 0 Å². The third-order valence-electron chi connectivity index (χ3n) is 4.89. The second-order valence-corrected chi connectivity index (χ2v) is 7.98. The van der Waals surface area contributed by atoms with E-state index in [4.69, 9.17) is 23.2 Å². The molecular formula is C21H25Cl2N3O. The van der Waals surface area contributed by atoms with Crippen LogP contribution in [0.1, 0.15) is 16.7 Å². The van der Waals surface area contributed by atoms with Crippen molar-refractivity contribution in [1.29, 1.82) is 0 Å². The van der Waals surface area contributed by atoms with Crippen molar-refractivity contribution in [2.75, 3.05) is 38.0 Å². The Morgan fingerprint density at radius 1 is 0.963 bits per heavy atom. The molecule has 0 aliphatic carbocycles. The van der Waals surface area contributed by atoms with Crippen LogP contribution in [0.15, 0.2) is 36.4 Å². The van der Waals surface area contributed by atoms with Gasteiger partial charge in [0.25, 0.3) is 0 Å². The van der Waals surface area contributed by atoms with Crippen LogP contribution in [0.4, 0.5) is 5.69 Å². The van der Waals surface area contributed by atoms with Crippen molar-refractivity contribution >= 4 is 34.8 Å². The molecule has 0 bridgehead atoms. The number of nitrogens with one attached hydrogen (secondary N) is 1. The fourth-order valence-electron chi connectivity index (χ4n) is 3.27. The van der Waals surface area contributed by atoms with Crippen LogP contribution < -0.4 is 5.32 Å². The molecule has 0 atom stereocenters. The summed E-state index contributed by atoms with van der Waals surface area (Å²) in [6.45, 7) is 8.92. The van der Waals surface area contributed by atoms with Gasteiger partial charge in [0, 0.05) is 38.4 Å². The Hall–Kier alpha value is -1.59. The van der Waals surface area contributed by atoms with E-state index in [1.54, 1.807) is 0 Å². The number of carbonyl (C=O) groups excluding carboxylic acids is 1. The first-order chi connectivity index (χ1) is 12.9. The van der Waals surface area contributed by atoms with Gasteiger partial charge in [-0.15, -0.1) is 0 Å². The third-order valence-corrected chi connectivity index (χ3v) is 5.63. The first-order valence-corrected chi connectivity index (χ1v) is 9.92. The van der Waals surface area contributed by atoms with E-state index in [1.807, 2.05) is 44.2 Å². The molecule has 1 fully saturated rings. The van der Waals surface area contributed by atoms with E-state index in [2.05, 4.69) is 21.2 Å². The second-order valence-electron chi connectivity index (χ2n) is 7.17. The molecule has 3 rings (SSSR count). The zero-order chi connectivity index (χ0) is 19.4. The molecule has 0 spiro atoms. The first-order valence-electron chi connectivity index (χ1n) is 9.16. The lowest BCUT2D eigenvalue weighted by atomic mass is 10.1. The van der Waals surface area contributed by atoms with E-state index in [1.165, 1.54) is 0 Å². The minimum Gasteiger partial charge on any atom is -0.325 e. The Kier molecular flexibility index (Phi) is 6.77. The van der Waals surface area contributed by atoms with Crippen LogP contribution in [0.5, 0.6) is 0 Å². The zero-order valence-corrected chi connectivity index (χ0v) is 17.3. The summed E-state index contributed by atoms with van der Waals surface area (Å²) in [7, 11) is 0. The molecule has 0 saturated carbocycles. The van der Waals surface area contributed by atoms with Crippen molar-refractivity contribution in [3.63, 3.8) is 0 Å². The van der Waals surface area contributed by atoms with Crippen LogP contribution in [0.3, 0.4) is 0 Å². The highest BCUT2D eigenvalue weighted by Gasteiger charge is 2.19. The summed E-state index contributed by atoms with van der Waals surface area (Å²) >= 11 is 12.1. The highest BCUT2D eigenvalue weighted by molar-refractivity contribution is 6.42. The van der Waals surface area contributed by atoms with Gasteiger partial charge in [-0.1, -0.05) is 41.4 Å². The lowest BCUT2D eigenvalue weighted by molar-refractivity contribution is -0.117. The van der Waals surface area contributed by atoms with Gasteiger partial charge in [0.2, 0.25) is 5.91 Å². The zero-order valence-electron chi connectivity index (χ0n) is 15.8. The average Bonchev–Trinajstić information content (AvgIpc) is 2.63. The molecule has 1 aliphatic heterocycles. The van der Waals surface area contributed by atoms with E-state index >= 15 is 0 Å². The Balaban J connectivity index is 1.46. The second kappa shape index (κ2) is 9.07. The van der Waals surface area contributed by atoms with Crippen molar-refractivity contribution < 1.29 is 4.79 Å². The highest BCUT2D eigenvalue weighted by atomic mass is 35.5. The van der Waals surface area contributed by atoms with Crippen molar-refractivity contribution in [3.05, 3.63) is 63.1 Å². The predicted octanol–water partition coefficient (Wildman–Crippen LogP) is 4.37. The monoisotopic (exact) mass is 405 g/mol. The molecule has 1 N–H and O–H groups in total. The fraction of sp³-hybridized carbons (Fsp3) is 0.381. The number of halogens is 2. The lowest BCUT2D eigenvalue weighted by Crippen LogP contribution is -2.48. The summed E-state index contributed by atoms with van der Waals surface area (Å²) in [5, 5.41) is 4.22. The Morgan fingerprint density at radius 2 is 1.67 bits per heavy atom. The number of piperazine rings is 1. The summed E-state index contributed by atoms with van der Waals surface area (Å²) < 4.78 is 0. The van der Waals surface area contributed by atoms with E-state index in [0.717, 1.165) is 55.1 Å². The smallest absolute Gasteiger partial charge is 0.238 e. The largest absolute Gasteiger partial charge is 0.325 e. The molecule has 2 aromatic carbocycles. The quantitative estimate of drug-likeness (QED) is 0.801. The molecule has 2 aromatic rings. The molecule has 4 nitrogen and oxygen atoms in total. The van der Waals surface area contributed by atoms with Gasteiger partial charge in [0.1, 0.15) is 0 Å². The van der Waals surface area contributed by atoms with Gasteiger partial charge in [-0.05, 0) is 48.7 Å². The normalized spacial score (nSPS) is 15.7. The SMILES string of the molecule is Cc1ccc(C)c(NC(=O)CN2CCN(Cc3ccc(Cl)c(Cl)c3)CC2)c1. The molecule has 1 heterocycles. The molecule has 1 aliphatic rings. The van der Waals surface area contributed by atoms with Crippen LogP contribution in [0.25, 0.3) is 0 Å². The number of rotatable bonds is 5. The molecule has 144 valence electrons. The van der Waals surface area contributed by atoms with E-state index in [9.17, 15) is 4.79 Å². The highest BCUT2D eigenvalue weighted by Crippen LogP contribution is 2.23. The van der Waals surface area contributed by atoms with Crippen molar-refractivity contribution in [2.45, 2.75) is 20.4 Å². The van der Waals surface area contributed by atoms with Gasteiger partial charge in [-0.2, -0.15) is 0 Å².